The summed E-state index contributed by atoms with van der Waals surface area (Å²) < 4.78 is 0. The largest absolute Gasteiger partial charge is 0.504 e. The van der Waals surface area contributed by atoms with E-state index >= 15 is 0 Å². The van der Waals surface area contributed by atoms with Gasteiger partial charge in [-0.2, -0.15) is 0 Å². The van der Waals surface area contributed by atoms with Gasteiger partial charge in [-0.3, -0.25) is 0 Å². The number of carboxylic acids is 1. The molecular formula is C11H14O5. The molecule has 0 saturated carbocycles. The Kier molecular flexibility index (Phi) is 3.39. The van der Waals surface area contributed by atoms with Crippen molar-refractivity contribution in [2.45, 2.75) is 25.4 Å². The molecule has 0 heterocycles. The van der Waals surface area contributed by atoms with Gasteiger partial charge in [0.25, 0.3) is 0 Å². The fraction of sp³-hybridized carbons (Fsp3) is 0.364. The lowest BCUT2D eigenvalue weighted by atomic mass is 9.88. The van der Waals surface area contributed by atoms with Crippen LogP contribution in [-0.2, 0) is 10.4 Å². The van der Waals surface area contributed by atoms with Gasteiger partial charge in [0, 0.05) is 5.56 Å². The maximum absolute atomic E-state index is 11.0. The minimum Gasteiger partial charge on any atom is -0.504 e. The van der Waals surface area contributed by atoms with Gasteiger partial charge in [-0.05, 0) is 12.5 Å². The zero-order valence-electron chi connectivity index (χ0n) is 8.84. The molecule has 16 heavy (non-hydrogen) atoms. The molecule has 4 N–H and O–H groups in total. The zero-order valence-corrected chi connectivity index (χ0v) is 8.84. The summed E-state index contributed by atoms with van der Waals surface area (Å²) >= 11 is 0. The van der Waals surface area contributed by atoms with E-state index in [-0.39, 0.29) is 12.0 Å². The summed E-state index contributed by atoms with van der Waals surface area (Å²) in [6.45, 7) is 1.72. The van der Waals surface area contributed by atoms with E-state index in [2.05, 4.69) is 0 Å². The molecule has 0 spiro atoms. The van der Waals surface area contributed by atoms with Crippen LogP contribution in [0.1, 0.15) is 25.3 Å². The minimum atomic E-state index is -2.17. The molecule has 0 aliphatic rings. The quantitative estimate of drug-likeness (QED) is 0.578. The molecule has 0 bridgehead atoms. The molecule has 5 heteroatoms. The van der Waals surface area contributed by atoms with Crippen molar-refractivity contribution in [3.63, 3.8) is 0 Å². The fourth-order valence-electron chi connectivity index (χ4n) is 1.58. The van der Waals surface area contributed by atoms with Crippen LogP contribution in [-0.4, -0.2) is 26.4 Å². The normalized spacial score (nSPS) is 14.4. The van der Waals surface area contributed by atoms with Crippen LogP contribution in [0.5, 0.6) is 11.5 Å². The van der Waals surface area contributed by atoms with Crippen molar-refractivity contribution in [1.29, 1.82) is 0 Å². The first-order valence-corrected chi connectivity index (χ1v) is 4.90. The van der Waals surface area contributed by atoms with E-state index in [9.17, 15) is 20.1 Å². The van der Waals surface area contributed by atoms with Gasteiger partial charge in [-0.25, -0.2) is 4.79 Å². The van der Waals surface area contributed by atoms with Crippen molar-refractivity contribution < 1.29 is 25.2 Å². The number of aromatic hydroxyl groups is 2. The topological polar surface area (TPSA) is 98.0 Å². The molecule has 0 fully saturated rings. The average molecular weight is 226 g/mol. The van der Waals surface area contributed by atoms with Gasteiger partial charge in [0.15, 0.2) is 17.1 Å². The standard InChI is InChI=1S/C11H14O5/c1-2-6-11(16,10(14)15)7-4-3-5-8(12)9(7)13/h3-5,12-13,16H,2,6H2,1H3,(H,14,15). The maximum Gasteiger partial charge on any atom is 0.340 e. The molecule has 0 aliphatic heterocycles. The summed E-state index contributed by atoms with van der Waals surface area (Å²) in [5.41, 5.74) is -2.36. The zero-order chi connectivity index (χ0) is 12.3. The lowest BCUT2D eigenvalue weighted by Crippen LogP contribution is -2.35. The van der Waals surface area contributed by atoms with Crippen LogP contribution in [0.3, 0.4) is 0 Å². The molecule has 88 valence electrons. The van der Waals surface area contributed by atoms with Gasteiger partial charge >= 0.3 is 5.97 Å². The monoisotopic (exact) mass is 226 g/mol. The first-order chi connectivity index (χ1) is 7.43. The summed E-state index contributed by atoms with van der Waals surface area (Å²) in [5.74, 6) is -2.50. The highest BCUT2D eigenvalue weighted by Gasteiger charge is 2.39. The minimum absolute atomic E-state index is 0.0423. The number of benzene rings is 1. The van der Waals surface area contributed by atoms with Crippen molar-refractivity contribution in [3.05, 3.63) is 23.8 Å². The van der Waals surface area contributed by atoms with Gasteiger partial charge in [-0.1, -0.05) is 25.5 Å². The SMILES string of the molecule is CCCC(O)(C(=O)O)c1cccc(O)c1O. The summed E-state index contributed by atoms with van der Waals surface area (Å²) in [7, 11) is 0. The van der Waals surface area contributed by atoms with Crippen molar-refractivity contribution in [3.8, 4) is 11.5 Å². The van der Waals surface area contributed by atoms with Gasteiger partial charge in [0.2, 0.25) is 0 Å². The van der Waals surface area contributed by atoms with Gasteiger partial charge < -0.3 is 20.4 Å². The first kappa shape index (κ1) is 12.3. The smallest absolute Gasteiger partial charge is 0.340 e. The fourth-order valence-corrected chi connectivity index (χ4v) is 1.58. The van der Waals surface area contributed by atoms with E-state index < -0.39 is 23.1 Å². The van der Waals surface area contributed by atoms with E-state index in [0.29, 0.717) is 6.42 Å². The Morgan fingerprint density at radius 2 is 2.00 bits per heavy atom. The van der Waals surface area contributed by atoms with E-state index in [4.69, 9.17) is 5.11 Å². The molecular weight excluding hydrogens is 212 g/mol. The predicted octanol–water partition coefficient (Wildman–Crippen LogP) is 1.17. The Morgan fingerprint density at radius 1 is 1.38 bits per heavy atom. The number of phenolic OH excluding ortho intramolecular Hbond substituents is 2. The Bertz CT molecular complexity index is 401. The molecule has 0 radical (unpaired) electrons. The van der Waals surface area contributed by atoms with E-state index in [1.807, 2.05) is 0 Å². The maximum atomic E-state index is 11.0. The van der Waals surface area contributed by atoms with Crippen molar-refractivity contribution >= 4 is 5.97 Å². The molecule has 1 aromatic carbocycles. The molecule has 5 nitrogen and oxygen atoms in total. The lowest BCUT2D eigenvalue weighted by molar-refractivity contribution is -0.160. The van der Waals surface area contributed by atoms with Crippen molar-refractivity contribution in [1.82, 2.24) is 0 Å². The number of carbonyl (C=O) groups is 1. The third-order valence-electron chi connectivity index (χ3n) is 2.43. The Labute approximate surface area is 92.6 Å². The van der Waals surface area contributed by atoms with Crippen LogP contribution in [0.2, 0.25) is 0 Å². The first-order valence-electron chi connectivity index (χ1n) is 4.90. The average Bonchev–Trinajstić information content (AvgIpc) is 2.22. The number of hydrogen-bond donors (Lipinski definition) is 4. The second kappa shape index (κ2) is 4.40. The Morgan fingerprint density at radius 3 is 2.50 bits per heavy atom. The van der Waals surface area contributed by atoms with Crippen LogP contribution in [0, 0.1) is 0 Å². The molecule has 1 atom stereocenters. The molecule has 1 aromatic rings. The summed E-state index contributed by atoms with van der Waals surface area (Å²) in [4.78, 5) is 11.0. The van der Waals surface area contributed by atoms with Crippen LogP contribution in [0.15, 0.2) is 18.2 Å². The number of hydrogen-bond acceptors (Lipinski definition) is 4. The second-order valence-corrected chi connectivity index (χ2v) is 3.59. The highest BCUT2D eigenvalue weighted by atomic mass is 16.4. The molecule has 0 saturated heterocycles. The number of aliphatic hydroxyl groups is 1. The predicted molar refractivity (Wildman–Crippen MR) is 56.2 cm³/mol. The van der Waals surface area contributed by atoms with Crippen LogP contribution in [0.25, 0.3) is 0 Å². The summed E-state index contributed by atoms with van der Waals surface area (Å²) in [6, 6.07) is 3.86. The Balaban J connectivity index is 3.32. The molecule has 0 amide bonds. The van der Waals surface area contributed by atoms with Crippen molar-refractivity contribution in [2.75, 3.05) is 0 Å². The van der Waals surface area contributed by atoms with Crippen molar-refractivity contribution in [2.24, 2.45) is 0 Å². The lowest BCUT2D eigenvalue weighted by Gasteiger charge is -2.24. The number of phenols is 2. The summed E-state index contributed by atoms with van der Waals surface area (Å²) in [5, 5.41) is 37.8. The van der Waals surface area contributed by atoms with Crippen LogP contribution < -0.4 is 0 Å². The Hall–Kier alpha value is -1.75. The van der Waals surface area contributed by atoms with Gasteiger partial charge in [-0.15, -0.1) is 0 Å². The van der Waals surface area contributed by atoms with E-state index in [1.165, 1.54) is 18.2 Å². The molecule has 0 aromatic heterocycles. The van der Waals surface area contributed by atoms with Gasteiger partial charge in [0.1, 0.15) is 0 Å². The van der Waals surface area contributed by atoms with Crippen LogP contribution >= 0.6 is 0 Å². The second-order valence-electron chi connectivity index (χ2n) is 3.59. The molecule has 1 rings (SSSR count). The van der Waals surface area contributed by atoms with Crippen LogP contribution in [0.4, 0.5) is 0 Å². The molecule has 0 aliphatic carbocycles. The number of aliphatic carboxylic acids is 1. The van der Waals surface area contributed by atoms with Gasteiger partial charge in [0.05, 0.1) is 0 Å². The van der Waals surface area contributed by atoms with E-state index in [1.54, 1.807) is 6.92 Å². The summed E-state index contributed by atoms with van der Waals surface area (Å²) in [6.07, 6.45) is 0.386. The number of rotatable bonds is 4. The van der Waals surface area contributed by atoms with E-state index in [0.717, 1.165) is 0 Å². The third kappa shape index (κ3) is 1.94. The number of carboxylic acid groups (broad SMARTS) is 1. The molecule has 1 unspecified atom stereocenters. The highest BCUT2D eigenvalue weighted by Crippen LogP contribution is 2.38. The third-order valence-corrected chi connectivity index (χ3v) is 2.43. The highest BCUT2D eigenvalue weighted by molar-refractivity contribution is 5.80. The number of para-hydroxylation sites is 1.